The number of hydrogen-bond acceptors (Lipinski definition) is 2. The van der Waals surface area contributed by atoms with Crippen molar-refractivity contribution in [2.24, 2.45) is 11.7 Å². The molecule has 18 heavy (non-hydrogen) atoms. The summed E-state index contributed by atoms with van der Waals surface area (Å²) in [5.74, 6) is 1.61. The first-order chi connectivity index (χ1) is 8.70. The summed E-state index contributed by atoms with van der Waals surface area (Å²) in [7, 11) is 1.63. The number of methoxy groups -OCH3 is 1. The van der Waals surface area contributed by atoms with E-state index in [4.69, 9.17) is 22.1 Å². The van der Waals surface area contributed by atoms with Gasteiger partial charge in [-0.1, -0.05) is 43.4 Å². The van der Waals surface area contributed by atoms with Crippen LogP contribution in [0.15, 0.2) is 18.2 Å². The number of hydrogen-bond donors (Lipinski definition) is 1. The minimum absolute atomic E-state index is 0.0942. The highest BCUT2D eigenvalue weighted by atomic mass is 35.5. The molecule has 0 saturated heterocycles. The second-order valence-electron chi connectivity index (χ2n) is 5.23. The zero-order valence-corrected chi connectivity index (χ0v) is 11.7. The lowest BCUT2D eigenvalue weighted by atomic mass is 9.95. The van der Waals surface area contributed by atoms with Crippen molar-refractivity contribution in [3.63, 3.8) is 0 Å². The maximum atomic E-state index is 6.25. The van der Waals surface area contributed by atoms with E-state index in [1.54, 1.807) is 7.11 Å². The first kappa shape index (κ1) is 13.7. The van der Waals surface area contributed by atoms with Crippen LogP contribution in [-0.2, 0) is 0 Å². The average molecular weight is 268 g/mol. The molecule has 1 aromatic carbocycles. The minimum atomic E-state index is 0.0942. The van der Waals surface area contributed by atoms with E-state index in [9.17, 15) is 0 Å². The second-order valence-corrected chi connectivity index (χ2v) is 5.64. The van der Waals surface area contributed by atoms with E-state index in [0.717, 1.165) is 17.9 Å². The van der Waals surface area contributed by atoms with Crippen molar-refractivity contribution in [3.05, 3.63) is 28.8 Å². The molecule has 1 aliphatic rings. The molecule has 1 aliphatic carbocycles. The van der Waals surface area contributed by atoms with Gasteiger partial charge in [-0.05, 0) is 36.5 Å². The molecule has 3 heteroatoms. The molecule has 0 spiro atoms. The summed E-state index contributed by atoms with van der Waals surface area (Å²) >= 11 is 6.02. The van der Waals surface area contributed by atoms with Gasteiger partial charge in [-0.25, -0.2) is 0 Å². The van der Waals surface area contributed by atoms with E-state index in [2.05, 4.69) is 0 Å². The van der Waals surface area contributed by atoms with E-state index in [1.807, 2.05) is 18.2 Å². The van der Waals surface area contributed by atoms with Gasteiger partial charge in [-0.3, -0.25) is 0 Å². The van der Waals surface area contributed by atoms with Crippen LogP contribution in [0, 0.1) is 5.92 Å². The standard InChI is InChI=1S/C15H22ClNO/c1-18-15-10-12(7-8-13(15)16)14(17)9-6-11-4-2-3-5-11/h7-8,10-11,14H,2-6,9,17H2,1H3. The van der Waals surface area contributed by atoms with Gasteiger partial charge in [-0.2, -0.15) is 0 Å². The largest absolute Gasteiger partial charge is 0.495 e. The Morgan fingerprint density at radius 1 is 1.39 bits per heavy atom. The van der Waals surface area contributed by atoms with Crippen LogP contribution < -0.4 is 10.5 Å². The maximum Gasteiger partial charge on any atom is 0.137 e. The van der Waals surface area contributed by atoms with Gasteiger partial charge in [0.25, 0.3) is 0 Å². The van der Waals surface area contributed by atoms with E-state index in [-0.39, 0.29) is 6.04 Å². The lowest BCUT2D eigenvalue weighted by Gasteiger charge is -2.16. The molecule has 0 bridgehead atoms. The van der Waals surface area contributed by atoms with Crippen molar-refractivity contribution in [2.75, 3.05) is 7.11 Å². The Kier molecular flexibility index (Phi) is 4.90. The fourth-order valence-corrected chi connectivity index (χ4v) is 2.98. The third-order valence-corrected chi connectivity index (χ3v) is 4.28. The first-order valence-electron chi connectivity index (χ1n) is 6.79. The Morgan fingerprint density at radius 3 is 2.78 bits per heavy atom. The van der Waals surface area contributed by atoms with Crippen molar-refractivity contribution in [3.8, 4) is 5.75 Å². The number of halogens is 1. The third-order valence-electron chi connectivity index (χ3n) is 3.96. The van der Waals surface area contributed by atoms with Crippen LogP contribution in [0.25, 0.3) is 0 Å². The topological polar surface area (TPSA) is 35.2 Å². The molecule has 2 rings (SSSR count). The lowest BCUT2D eigenvalue weighted by molar-refractivity contribution is 0.412. The van der Waals surface area contributed by atoms with Crippen LogP contribution in [0.3, 0.4) is 0 Å². The molecule has 0 heterocycles. The molecule has 1 unspecified atom stereocenters. The highest BCUT2D eigenvalue weighted by Crippen LogP contribution is 2.32. The molecule has 2 nitrogen and oxygen atoms in total. The molecular formula is C15H22ClNO. The highest BCUT2D eigenvalue weighted by Gasteiger charge is 2.17. The van der Waals surface area contributed by atoms with E-state index in [1.165, 1.54) is 32.1 Å². The highest BCUT2D eigenvalue weighted by molar-refractivity contribution is 6.32. The van der Waals surface area contributed by atoms with Crippen molar-refractivity contribution < 1.29 is 4.74 Å². The molecule has 0 aromatic heterocycles. The lowest BCUT2D eigenvalue weighted by Crippen LogP contribution is -2.12. The van der Waals surface area contributed by atoms with Gasteiger partial charge >= 0.3 is 0 Å². The molecule has 100 valence electrons. The minimum Gasteiger partial charge on any atom is -0.495 e. The molecule has 1 atom stereocenters. The second kappa shape index (κ2) is 6.44. The Hall–Kier alpha value is -0.730. The summed E-state index contributed by atoms with van der Waals surface area (Å²) in [6, 6.07) is 5.92. The molecule has 0 amide bonds. The van der Waals surface area contributed by atoms with Gasteiger partial charge in [0, 0.05) is 6.04 Å². The van der Waals surface area contributed by atoms with Crippen LogP contribution in [0.2, 0.25) is 5.02 Å². The molecule has 1 fully saturated rings. The maximum absolute atomic E-state index is 6.25. The summed E-state index contributed by atoms with van der Waals surface area (Å²) in [5, 5.41) is 0.643. The van der Waals surface area contributed by atoms with E-state index < -0.39 is 0 Å². The predicted octanol–water partition coefficient (Wildman–Crippen LogP) is 4.32. The van der Waals surface area contributed by atoms with Crippen molar-refractivity contribution in [1.29, 1.82) is 0 Å². The molecule has 1 saturated carbocycles. The molecule has 1 aromatic rings. The normalized spacial score (nSPS) is 17.9. The number of ether oxygens (including phenoxy) is 1. The average Bonchev–Trinajstić information content (AvgIpc) is 2.89. The number of benzene rings is 1. The fourth-order valence-electron chi connectivity index (χ4n) is 2.79. The first-order valence-corrected chi connectivity index (χ1v) is 7.17. The molecule has 2 N–H and O–H groups in total. The van der Waals surface area contributed by atoms with Crippen LogP contribution in [0.5, 0.6) is 5.75 Å². The Labute approximate surface area is 114 Å². The van der Waals surface area contributed by atoms with Gasteiger partial charge in [0.15, 0.2) is 0 Å². The van der Waals surface area contributed by atoms with Gasteiger partial charge in [0.05, 0.1) is 12.1 Å². The van der Waals surface area contributed by atoms with E-state index >= 15 is 0 Å². The number of rotatable bonds is 5. The zero-order valence-electron chi connectivity index (χ0n) is 11.0. The predicted molar refractivity (Wildman–Crippen MR) is 76.1 cm³/mol. The van der Waals surface area contributed by atoms with Crippen LogP contribution in [0.1, 0.15) is 50.1 Å². The summed E-state index contributed by atoms with van der Waals surface area (Å²) in [6.07, 6.45) is 7.86. The Bertz CT molecular complexity index is 388. The van der Waals surface area contributed by atoms with Gasteiger partial charge in [0.2, 0.25) is 0 Å². The van der Waals surface area contributed by atoms with Crippen LogP contribution >= 0.6 is 11.6 Å². The summed E-state index contributed by atoms with van der Waals surface area (Å²) < 4.78 is 5.23. The Morgan fingerprint density at radius 2 is 2.11 bits per heavy atom. The summed E-state index contributed by atoms with van der Waals surface area (Å²) in [5.41, 5.74) is 7.37. The molecular weight excluding hydrogens is 246 g/mol. The van der Waals surface area contributed by atoms with Gasteiger partial charge < -0.3 is 10.5 Å². The summed E-state index contributed by atoms with van der Waals surface area (Å²) in [6.45, 7) is 0. The van der Waals surface area contributed by atoms with Crippen LogP contribution in [0.4, 0.5) is 0 Å². The molecule has 0 aliphatic heterocycles. The fraction of sp³-hybridized carbons (Fsp3) is 0.600. The summed E-state index contributed by atoms with van der Waals surface area (Å²) in [4.78, 5) is 0. The Balaban J connectivity index is 1.93. The van der Waals surface area contributed by atoms with Crippen molar-refractivity contribution in [1.82, 2.24) is 0 Å². The molecule has 0 radical (unpaired) electrons. The van der Waals surface area contributed by atoms with Crippen molar-refractivity contribution in [2.45, 2.75) is 44.6 Å². The quantitative estimate of drug-likeness (QED) is 0.862. The monoisotopic (exact) mass is 267 g/mol. The number of nitrogens with two attached hydrogens (primary N) is 1. The van der Waals surface area contributed by atoms with Crippen molar-refractivity contribution >= 4 is 11.6 Å². The third kappa shape index (κ3) is 3.39. The zero-order chi connectivity index (χ0) is 13.0. The SMILES string of the molecule is COc1cc(C(N)CCC2CCCC2)ccc1Cl. The van der Waals surface area contributed by atoms with Crippen LogP contribution in [-0.4, -0.2) is 7.11 Å². The smallest absolute Gasteiger partial charge is 0.137 e. The van der Waals surface area contributed by atoms with Gasteiger partial charge in [-0.15, -0.1) is 0 Å². The van der Waals surface area contributed by atoms with E-state index in [0.29, 0.717) is 10.8 Å². The van der Waals surface area contributed by atoms with Gasteiger partial charge in [0.1, 0.15) is 5.75 Å².